The molecule has 1 aliphatic rings. The van der Waals surface area contributed by atoms with Crippen molar-refractivity contribution in [2.24, 2.45) is 5.10 Å². The second kappa shape index (κ2) is 5.25. The van der Waals surface area contributed by atoms with Gasteiger partial charge in [0.2, 0.25) is 0 Å². The van der Waals surface area contributed by atoms with Crippen molar-refractivity contribution in [2.75, 3.05) is 5.43 Å². The second-order valence-electron chi connectivity index (χ2n) is 3.49. The van der Waals surface area contributed by atoms with Gasteiger partial charge in [-0.2, -0.15) is 0 Å². The number of nitrogens with zero attached hydrogens (tertiary/aromatic N) is 2. The fraction of sp³-hybridized carbons (Fsp3) is 0. The summed E-state index contributed by atoms with van der Waals surface area (Å²) in [5.74, 6) is -1.58. The first kappa shape index (κ1) is 13.3. The van der Waals surface area contributed by atoms with Crippen molar-refractivity contribution in [1.82, 2.24) is 10.7 Å². The summed E-state index contributed by atoms with van der Waals surface area (Å²) in [6, 6.07) is 3.95. The van der Waals surface area contributed by atoms with Gasteiger partial charge in [-0.3, -0.25) is 10.9 Å². The average molecular weight is 303 g/mol. The molecule has 0 spiro atoms. The number of hydrazine groups is 2. The molecule has 2 rings (SSSR count). The van der Waals surface area contributed by atoms with Gasteiger partial charge < -0.3 is 10.2 Å². The quantitative estimate of drug-likeness (QED) is 0.637. The molecular formula is C10H8Cl2N4O3. The topological polar surface area (TPSA) is 97.2 Å². The van der Waals surface area contributed by atoms with Crippen LogP contribution in [0.25, 0.3) is 0 Å². The molecule has 0 atom stereocenters. The minimum Gasteiger partial charge on any atom is -0.507 e. The van der Waals surface area contributed by atoms with E-state index in [0.29, 0.717) is 5.69 Å². The van der Waals surface area contributed by atoms with Crippen molar-refractivity contribution < 1.29 is 15.0 Å². The summed E-state index contributed by atoms with van der Waals surface area (Å²) in [5, 5.41) is 23.7. The third-order valence-corrected chi connectivity index (χ3v) is 2.50. The number of hydrazone groups is 1. The number of anilines is 1. The molecular weight excluding hydrogens is 295 g/mol. The lowest BCUT2D eigenvalue weighted by molar-refractivity contribution is 0.0694. The molecule has 1 aliphatic heterocycles. The van der Waals surface area contributed by atoms with Crippen LogP contribution in [0.3, 0.4) is 0 Å². The predicted octanol–water partition coefficient (Wildman–Crippen LogP) is 1.87. The molecule has 0 aromatic heterocycles. The zero-order valence-corrected chi connectivity index (χ0v) is 10.8. The Hall–Kier alpha value is -2.12. The van der Waals surface area contributed by atoms with Crippen LogP contribution in [-0.4, -0.2) is 26.6 Å². The number of hydrogen-bond donors (Lipinski definition) is 4. The minimum absolute atomic E-state index is 0.155. The third-order valence-electron chi connectivity index (χ3n) is 2.12. The number of hydrogen-bond acceptors (Lipinski definition) is 6. The average Bonchev–Trinajstić information content (AvgIpc) is 2.26. The second-order valence-corrected chi connectivity index (χ2v) is 4.28. The van der Waals surface area contributed by atoms with E-state index in [0.717, 1.165) is 5.23 Å². The zero-order chi connectivity index (χ0) is 14.0. The van der Waals surface area contributed by atoms with Crippen molar-refractivity contribution in [2.45, 2.75) is 0 Å². The Morgan fingerprint density at radius 1 is 1.42 bits per heavy atom. The van der Waals surface area contributed by atoms with Gasteiger partial charge in [-0.1, -0.05) is 23.2 Å². The van der Waals surface area contributed by atoms with Crippen LogP contribution < -0.4 is 10.9 Å². The van der Waals surface area contributed by atoms with Crippen molar-refractivity contribution in [1.29, 1.82) is 0 Å². The first-order valence-corrected chi connectivity index (χ1v) is 5.72. The molecule has 100 valence electrons. The number of rotatable bonds is 3. The summed E-state index contributed by atoms with van der Waals surface area (Å²) in [7, 11) is 0. The van der Waals surface area contributed by atoms with Gasteiger partial charge >= 0.3 is 5.97 Å². The third kappa shape index (κ3) is 3.21. The molecule has 0 bridgehead atoms. The highest BCUT2D eigenvalue weighted by atomic mass is 35.5. The maximum Gasteiger partial charge on any atom is 0.339 e. The number of carboxylic acid groups (broad SMARTS) is 1. The minimum atomic E-state index is -1.22. The molecule has 0 radical (unpaired) electrons. The highest BCUT2D eigenvalue weighted by molar-refractivity contribution is 6.69. The van der Waals surface area contributed by atoms with Crippen molar-refractivity contribution in [3.05, 3.63) is 35.0 Å². The molecule has 0 unspecified atom stereocenters. The molecule has 9 heteroatoms. The van der Waals surface area contributed by atoms with E-state index < -0.39 is 5.97 Å². The smallest absolute Gasteiger partial charge is 0.339 e. The number of carboxylic acids is 1. The van der Waals surface area contributed by atoms with E-state index in [4.69, 9.17) is 28.3 Å². The SMILES string of the molecule is O=C(O)c1ccc(NN2N=C(Cl)C=C(Cl)N2)cc1O. The largest absolute Gasteiger partial charge is 0.507 e. The Morgan fingerprint density at radius 3 is 2.74 bits per heavy atom. The Kier molecular flexibility index (Phi) is 3.68. The molecule has 4 N–H and O–H groups in total. The van der Waals surface area contributed by atoms with Crippen LogP contribution in [0, 0.1) is 0 Å². The van der Waals surface area contributed by atoms with Crippen molar-refractivity contribution >= 4 is 40.0 Å². The highest BCUT2D eigenvalue weighted by Crippen LogP contribution is 2.22. The maximum atomic E-state index is 10.7. The predicted molar refractivity (Wildman–Crippen MR) is 70.9 cm³/mol. The fourth-order valence-corrected chi connectivity index (χ4v) is 1.77. The lowest BCUT2D eigenvalue weighted by Gasteiger charge is -2.24. The van der Waals surface area contributed by atoms with Crippen LogP contribution in [0.2, 0.25) is 0 Å². The van der Waals surface area contributed by atoms with Crippen LogP contribution in [0.4, 0.5) is 5.69 Å². The van der Waals surface area contributed by atoms with E-state index in [-0.39, 0.29) is 21.6 Å². The van der Waals surface area contributed by atoms with Crippen LogP contribution in [0.15, 0.2) is 34.5 Å². The summed E-state index contributed by atoms with van der Waals surface area (Å²) in [5.41, 5.74) is 5.55. The molecule has 0 fully saturated rings. The van der Waals surface area contributed by atoms with Gasteiger partial charge in [-0.25, -0.2) is 4.79 Å². The van der Waals surface area contributed by atoms with Gasteiger partial charge in [0.1, 0.15) is 16.5 Å². The number of nitrogens with one attached hydrogen (secondary N) is 2. The van der Waals surface area contributed by atoms with Crippen molar-refractivity contribution in [3.63, 3.8) is 0 Å². The molecule has 19 heavy (non-hydrogen) atoms. The highest BCUT2D eigenvalue weighted by Gasteiger charge is 2.13. The normalized spacial score (nSPS) is 14.3. The van der Waals surface area contributed by atoms with Gasteiger partial charge in [-0.15, -0.1) is 10.3 Å². The van der Waals surface area contributed by atoms with E-state index in [9.17, 15) is 9.90 Å². The summed E-state index contributed by atoms with van der Waals surface area (Å²) in [4.78, 5) is 10.7. The molecule has 0 saturated heterocycles. The standard InChI is InChI=1S/C10H8Cl2N4O3/c11-8-4-9(12)15-16(14-8)13-5-1-2-6(10(18)19)7(17)3-5/h1-4,13-14,17H,(H,18,19). The van der Waals surface area contributed by atoms with Gasteiger partial charge in [0.05, 0.1) is 5.69 Å². The summed E-state index contributed by atoms with van der Waals surface area (Å²) in [6.45, 7) is 0. The maximum absolute atomic E-state index is 10.7. The summed E-state index contributed by atoms with van der Waals surface area (Å²) < 4.78 is 0. The van der Waals surface area contributed by atoms with E-state index in [1.807, 2.05) is 0 Å². The lowest BCUT2D eigenvalue weighted by atomic mass is 10.2. The first-order chi connectivity index (χ1) is 8.95. The van der Waals surface area contributed by atoms with Crippen LogP contribution in [0.1, 0.15) is 10.4 Å². The molecule has 0 amide bonds. The van der Waals surface area contributed by atoms with E-state index in [1.54, 1.807) is 0 Å². The Morgan fingerprint density at radius 2 is 2.16 bits per heavy atom. The van der Waals surface area contributed by atoms with Gasteiger partial charge in [0.25, 0.3) is 0 Å². The summed E-state index contributed by atoms with van der Waals surface area (Å²) >= 11 is 11.5. The van der Waals surface area contributed by atoms with Gasteiger partial charge in [0, 0.05) is 12.1 Å². The van der Waals surface area contributed by atoms with Crippen molar-refractivity contribution in [3.8, 4) is 5.75 Å². The fourth-order valence-electron chi connectivity index (χ4n) is 1.34. The van der Waals surface area contributed by atoms with Crippen LogP contribution in [-0.2, 0) is 0 Å². The number of aromatic hydroxyl groups is 1. The monoisotopic (exact) mass is 302 g/mol. The Labute approximate surface area is 117 Å². The lowest BCUT2D eigenvalue weighted by Crippen LogP contribution is -2.39. The van der Waals surface area contributed by atoms with Crippen LogP contribution >= 0.6 is 23.2 Å². The number of allylic oxidation sites excluding steroid dienone is 1. The molecule has 1 aromatic carbocycles. The molecule has 0 saturated carbocycles. The number of halogens is 2. The summed E-state index contributed by atoms with van der Waals surface area (Å²) in [6.07, 6.45) is 1.41. The number of phenols is 1. The van der Waals surface area contributed by atoms with E-state index in [2.05, 4.69) is 16.0 Å². The number of benzene rings is 1. The Balaban J connectivity index is 2.15. The van der Waals surface area contributed by atoms with Gasteiger partial charge in [0.15, 0.2) is 5.17 Å². The molecule has 7 nitrogen and oxygen atoms in total. The van der Waals surface area contributed by atoms with Crippen LogP contribution in [0.5, 0.6) is 5.75 Å². The Bertz CT molecular complexity index is 588. The molecule has 1 heterocycles. The van der Waals surface area contributed by atoms with E-state index in [1.165, 1.54) is 24.3 Å². The molecule has 0 aliphatic carbocycles. The zero-order valence-electron chi connectivity index (χ0n) is 9.26. The first-order valence-electron chi connectivity index (χ1n) is 4.97. The van der Waals surface area contributed by atoms with Gasteiger partial charge in [-0.05, 0) is 12.1 Å². The number of aromatic carboxylic acids is 1. The molecule has 1 aromatic rings. The van der Waals surface area contributed by atoms with E-state index >= 15 is 0 Å². The number of carbonyl (C=O) groups is 1.